The van der Waals surface area contributed by atoms with E-state index >= 15 is 0 Å². The first-order valence-corrected chi connectivity index (χ1v) is 4.92. The van der Waals surface area contributed by atoms with Gasteiger partial charge in [-0.05, 0) is 36.4 Å². The fraction of sp³-hybridized carbons (Fsp3) is 0.0769. The minimum atomic E-state index is 0.629. The quantitative estimate of drug-likeness (QED) is 0.580. The normalized spacial score (nSPS) is 9.56. The second-order valence-corrected chi connectivity index (χ2v) is 3.16. The molecule has 0 aromatic heterocycles. The summed E-state index contributed by atoms with van der Waals surface area (Å²) < 4.78 is 5.04. The predicted molar refractivity (Wildman–Crippen MR) is 60.7 cm³/mol. The van der Waals surface area contributed by atoms with Crippen molar-refractivity contribution >= 4 is 0 Å². The molecule has 82 valence electrons. The molecule has 0 heterocycles. The van der Waals surface area contributed by atoms with Crippen LogP contribution in [0.3, 0.4) is 0 Å². The molecule has 0 N–H and O–H groups in total. The van der Waals surface area contributed by atoms with E-state index in [0.717, 1.165) is 5.75 Å². The third-order valence-corrected chi connectivity index (χ3v) is 2.04. The fourth-order valence-electron chi connectivity index (χ4n) is 1.20. The Morgan fingerprint density at radius 1 is 0.625 bits per heavy atom. The third-order valence-electron chi connectivity index (χ3n) is 2.04. The van der Waals surface area contributed by atoms with Gasteiger partial charge in [-0.2, -0.15) is 0 Å². The maximum absolute atomic E-state index is 5.14. The molecule has 0 aliphatic heterocycles. The first kappa shape index (κ1) is 10.4. The van der Waals surface area contributed by atoms with Crippen molar-refractivity contribution in [2.75, 3.05) is 7.11 Å². The molecule has 3 nitrogen and oxygen atoms in total. The van der Waals surface area contributed by atoms with E-state index in [2.05, 4.69) is 0 Å². The highest BCUT2D eigenvalue weighted by molar-refractivity contribution is 5.31. The average Bonchev–Trinajstić information content (AvgIpc) is 2.38. The molecule has 2 aromatic rings. The zero-order valence-electron chi connectivity index (χ0n) is 8.92. The van der Waals surface area contributed by atoms with Crippen molar-refractivity contribution in [2.24, 2.45) is 0 Å². The smallest absolute Gasteiger partial charge is 0.178 e. The molecule has 0 spiro atoms. The van der Waals surface area contributed by atoms with Crippen LogP contribution in [-0.4, -0.2) is 7.11 Å². The first-order chi connectivity index (χ1) is 7.88. The highest BCUT2D eigenvalue weighted by Crippen LogP contribution is 2.18. The molecule has 2 rings (SSSR count). The monoisotopic (exact) mass is 216 g/mol. The highest BCUT2D eigenvalue weighted by atomic mass is 17.2. The zero-order chi connectivity index (χ0) is 11.2. The van der Waals surface area contributed by atoms with Crippen LogP contribution in [0.5, 0.6) is 17.2 Å². The van der Waals surface area contributed by atoms with E-state index < -0.39 is 0 Å². The van der Waals surface area contributed by atoms with Gasteiger partial charge in [0.25, 0.3) is 0 Å². The SMILES string of the molecule is COc1ccc(OOc2ccccc2)cc1. The number of methoxy groups -OCH3 is 1. The number of ether oxygens (including phenoxy) is 1. The van der Waals surface area contributed by atoms with Gasteiger partial charge in [0.15, 0.2) is 11.5 Å². The highest BCUT2D eigenvalue weighted by Gasteiger charge is 1.97. The lowest BCUT2D eigenvalue weighted by atomic mass is 10.3. The summed E-state index contributed by atoms with van der Waals surface area (Å²) in [6.07, 6.45) is 0. The summed E-state index contributed by atoms with van der Waals surface area (Å²) >= 11 is 0. The van der Waals surface area contributed by atoms with E-state index in [1.54, 1.807) is 19.2 Å². The predicted octanol–water partition coefficient (Wildman–Crippen LogP) is 3.07. The molecule has 0 saturated heterocycles. The van der Waals surface area contributed by atoms with Crippen molar-refractivity contribution in [1.82, 2.24) is 0 Å². The maximum atomic E-state index is 5.14. The molecule has 0 aliphatic carbocycles. The Bertz CT molecular complexity index is 423. The average molecular weight is 216 g/mol. The van der Waals surface area contributed by atoms with Crippen LogP contribution in [0.25, 0.3) is 0 Å². The van der Waals surface area contributed by atoms with Gasteiger partial charge in [-0.3, -0.25) is 9.78 Å². The van der Waals surface area contributed by atoms with Crippen molar-refractivity contribution in [1.29, 1.82) is 0 Å². The second kappa shape index (κ2) is 5.07. The minimum Gasteiger partial charge on any atom is -0.497 e. The number of hydrogen-bond acceptors (Lipinski definition) is 3. The Morgan fingerprint density at radius 3 is 1.69 bits per heavy atom. The van der Waals surface area contributed by atoms with Crippen molar-refractivity contribution in [3.05, 3.63) is 54.6 Å². The number of benzene rings is 2. The van der Waals surface area contributed by atoms with Crippen LogP contribution < -0.4 is 14.5 Å². The molecule has 0 atom stereocenters. The molecular weight excluding hydrogens is 204 g/mol. The van der Waals surface area contributed by atoms with Crippen LogP contribution in [-0.2, 0) is 0 Å². The number of para-hydroxylation sites is 1. The van der Waals surface area contributed by atoms with E-state index in [9.17, 15) is 0 Å². The van der Waals surface area contributed by atoms with E-state index in [1.807, 2.05) is 42.5 Å². The molecular formula is C13H12O3. The van der Waals surface area contributed by atoms with Crippen LogP contribution in [0.2, 0.25) is 0 Å². The van der Waals surface area contributed by atoms with Crippen LogP contribution >= 0.6 is 0 Å². The fourth-order valence-corrected chi connectivity index (χ4v) is 1.20. The van der Waals surface area contributed by atoms with Gasteiger partial charge in [0, 0.05) is 0 Å². The summed E-state index contributed by atoms with van der Waals surface area (Å²) in [7, 11) is 1.62. The molecule has 0 radical (unpaired) electrons. The molecule has 3 heteroatoms. The van der Waals surface area contributed by atoms with E-state index in [-0.39, 0.29) is 0 Å². The molecule has 16 heavy (non-hydrogen) atoms. The van der Waals surface area contributed by atoms with Crippen molar-refractivity contribution in [3.63, 3.8) is 0 Å². The molecule has 0 aliphatic rings. The summed E-state index contributed by atoms with van der Waals surface area (Å²) in [5.41, 5.74) is 0. The first-order valence-electron chi connectivity index (χ1n) is 4.92. The lowest BCUT2D eigenvalue weighted by Gasteiger charge is -2.05. The molecule has 0 unspecified atom stereocenters. The van der Waals surface area contributed by atoms with Gasteiger partial charge in [-0.25, -0.2) is 0 Å². The topological polar surface area (TPSA) is 27.7 Å². The second-order valence-electron chi connectivity index (χ2n) is 3.16. The Morgan fingerprint density at radius 2 is 1.12 bits per heavy atom. The van der Waals surface area contributed by atoms with Crippen molar-refractivity contribution in [2.45, 2.75) is 0 Å². The largest absolute Gasteiger partial charge is 0.497 e. The number of rotatable bonds is 4. The minimum absolute atomic E-state index is 0.629. The van der Waals surface area contributed by atoms with E-state index in [4.69, 9.17) is 14.5 Å². The summed E-state index contributed by atoms with van der Waals surface area (Å²) in [5, 5.41) is 0. The third kappa shape index (κ3) is 2.67. The number of hydrogen-bond donors (Lipinski definition) is 0. The lowest BCUT2D eigenvalue weighted by Crippen LogP contribution is -1.99. The molecule has 0 amide bonds. The van der Waals surface area contributed by atoms with Crippen LogP contribution in [0, 0.1) is 0 Å². The Balaban J connectivity index is 1.94. The van der Waals surface area contributed by atoms with Crippen LogP contribution in [0.15, 0.2) is 54.6 Å². The van der Waals surface area contributed by atoms with E-state index in [1.165, 1.54) is 0 Å². The summed E-state index contributed by atoms with van der Waals surface area (Å²) in [6.45, 7) is 0. The lowest BCUT2D eigenvalue weighted by molar-refractivity contribution is -0.0999. The Hall–Kier alpha value is -2.16. The van der Waals surface area contributed by atoms with E-state index in [0.29, 0.717) is 11.5 Å². The van der Waals surface area contributed by atoms with Crippen molar-refractivity contribution in [3.8, 4) is 17.2 Å². The zero-order valence-corrected chi connectivity index (χ0v) is 8.92. The van der Waals surface area contributed by atoms with Crippen LogP contribution in [0.1, 0.15) is 0 Å². The van der Waals surface area contributed by atoms with Crippen LogP contribution in [0.4, 0.5) is 0 Å². The van der Waals surface area contributed by atoms with Gasteiger partial charge in [0.2, 0.25) is 0 Å². The molecule has 0 saturated carbocycles. The van der Waals surface area contributed by atoms with Gasteiger partial charge < -0.3 is 4.74 Å². The van der Waals surface area contributed by atoms with Crippen molar-refractivity contribution < 1.29 is 14.5 Å². The Kier molecular flexibility index (Phi) is 3.28. The molecule has 0 fully saturated rings. The standard InChI is InChI=1S/C13H12O3/c1-14-11-7-9-13(10-8-11)16-15-12-5-3-2-4-6-12/h2-10H,1H3. The van der Waals surface area contributed by atoms with Gasteiger partial charge in [-0.1, -0.05) is 18.2 Å². The summed E-state index contributed by atoms with van der Waals surface area (Å²) in [5.74, 6) is 2.08. The molecule has 0 bridgehead atoms. The Labute approximate surface area is 94.1 Å². The maximum Gasteiger partial charge on any atom is 0.178 e. The van der Waals surface area contributed by atoms with Gasteiger partial charge >= 0.3 is 0 Å². The summed E-state index contributed by atoms with van der Waals surface area (Å²) in [4.78, 5) is 10.3. The van der Waals surface area contributed by atoms with Gasteiger partial charge in [-0.15, -0.1) is 0 Å². The summed E-state index contributed by atoms with van der Waals surface area (Å²) in [6, 6.07) is 16.5. The molecule has 2 aromatic carbocycles. The van der Waals surface area contributed by atoms with Gasteiger partial charge in [0.05, 0.1) is 7.11 Å². The van der Waals surface area contributed by atoms with Gasteiger partial charge in [0.1, 0.15) is 5.75 Å².